The second-order valence-electron chi connectivity index (χ2n) is 3.88. The van der Waals surface area contributed by atoms with Crippen molar-refractivity contribution < 1.29 is 9.18 Å². The van der Waals surface area contributed by atoms with Gasteiger partial charge in [-0.2, -0.15) is 0 Å². The topological polar surface area (TPSA) is 68.0 Å². The van der Waals surface area contributed by atoms with Crippen molar-refractivity contribution in [1.29, 1.82) is 0 Å². The molecular formula is C13H11BrFN3O. The number of amides is 1. The Morgan fingerprint density at radius 3 is 2.79 bits per heavy atom. The molecule has 0 aliphatic heterocycles. The number of nitrogens with one attached hydrogen (secondary N) is 1. The summed E-state index contributed by atoms with van der Waals surface area (Å²) in [7, 11) is 0. The molecule has 19 heavy (non-hydrogen) atoms. The molecule has 2 rings (SSSR count). The minimum Gasteiger partial charge on any atom is -0.377 e. The summed E-state index contributed by atoms with van der Waals surface area (Å²) >= 11 is 3.28. The molecule has 4 nitrogen and oxygen atoms in total. The minimum absolute atomic E-state index is 0.223. The van der Waals surface area contributed by atoms with E-state index in [1.165, 1.54) is 18.2 Å². The number of aromatic nitrogens is 1. The van der Waals surface area contributed by atoms with Crippen molar-refractivity contribution >= 4 is 27.5 Å². The highest BCUT2D eigenvalue weighted by Crippen LogP contribution is 2.17. The highest BCUT2D eigenvalue weighted by atomic mass is 79.9. The van der Waals surface area contributed by atoms with Crippen molar-refractivity contribution in [1.82, 2.24) is 4.98 Å². The van der Waals surface area contributed by atoms with Crippen LogP contribution in [-0.2, 0) is 6.54 Å². The summed E-state index contributed by atoms with van der Waals surface area (Å²) in [6.07, 6.45) is 1.66. The van der Waals surface area contributed by atoms with Crippen molar-refractivity contribution in [2.75, 3.05) is 5.32 Å². The zero-order chi connectivity index (χ0) is 13.8. The number of primary amides is 1. The van der Waals surface area contributed by atoms with Gasteiger partial charge in [-0.15, -0.1) is 0 Å². The van der Waals surface area contributed by atoms with Crippen LogP contribution in [0, 0.1) is 5.82 Å². The Kier molecular flexibility index (Phi) is 4.11. The van der Waals surface area contributed by atoms with Crippen LogP contribution < -0.4 is 11.1 Å². The number of carbonyl (C=O) groups is 1. The van der Waals surface area contributed by atoms with Crippen LogP contribution in [0.25, 0.3) is 0 Å². The molecule has 0 saturated carbocycles. The highest BCUT2D eigenvalue weighted by molar-refractivity contribution is 9.10. The Hall–Kier alpha value is -1.95. The molecule has 0 unspecified atom stereocenters. The number of hydrogen-bond acceptors (Lipinski definition) is 3. The molecule has 1 heterocycles. The molecule has 2 aromatic rings. The van der Waals surface area contributed by atoms with Gasteiger partial charge in [0, 0.05) is 16.2 Å². The number of nitrogens with two attached hydrogens (primary N) is 1. The molecule has 6 heteroatoms. The summed E-state index contributed by atoms with van der Waals surface area (Å²) in [4.78, 5) is 15.2. The van der Waals surface area contributed by atoms with Crippen molar-refractivity contribution in [3.8, 4) is 0 Å². The van der Waals surface area contributed by atoms with Gasteiger partial charge in [0.05, 0.1) is 17.9 Å². The fourth-order valence-electron chi connectivity index (χ4n) is 1.51. The van der Waals surface area contributed by atoms with E-state index in [1.54, 1.807) is 6.20 Å². The molecule has 98 valence electrons. The molecule has 0 fully saturated rings. The zero-order valence-corrected chi connectivity index (χ0v) is 11.4. The second kappa shape index (κ2) is 5.79. The van der Waals surface area contributed by atoms with E-state index >= 15 is 0 Å². The number of anilines is 1. The van der Waals surface area contributed by atoms with Gasteiger partial charge in [0.1, 0.15) is 5.82 Å². The summed E-state index contributed by atoms with van der Waals surface area (Å²) in [5.41, 5.74) is 6.39. The predicted octanol–water partition coefficient (Wildman–Crippen LogP) is 2.69. The first kappa shape index (κ1) is 13.5. The fraction of sp³-hybridized carbons (Fsp3) is 0.0769. The van der Waals surface area contributed by atoms with Gasteiger partial charge in [0.15, 0.2) is 0 Å². The average molecular weight is 324 g/mol. The molecule has 1 aromatic carbocycles. The molecule has 0 aliphatic rings. The second-order valence-corrected chi connectivity index (χ2v) is 4.80. The third-order valence-electron chi connectivity index (χ3n) is 2.50. The van der Waals surface area contributed by atoms with Gasteiger partial charge < -0.3 is 11.1 Å². The summed E-state index contributed by atoms with van der Waals surface area (Å²) < 4.78 is 14.4. The van der Waals surface area contributed by atoms with Crippen LogP contribution in [0.15, 0.2) is 41.0 Å². The number of pyridine rings is 1. The molecule has 0 radical (unpaired) electrons. The van der Waals surface area contributed by atoms with Gasteiger partial charge in [-0.1, -0.05) is 0 Å². The molecule has 1 aromatic heterocycles. The maximum Gasteiger partial charge on any atom is 0.248 e. The zero-order valence-electron chi connectivity index (χ0n) is 9.86. The number of rotatable bonds is 4. The van der Waals surface area contributed by atoms with Crippen molar-refractivity contribution in [3.05, 3.63) is 58.1 Å². The van der Waals surface area contributed by atoms with E-state index in [-0.39, 0.29) is 11.3 Å². The Morgan fingerprint density at radius 1 is 1.37 bits per heavy atom. The third kappa shape index (κ3) is 3.51. The van der Waals surface area contributed by atoms with Crippen molar-refractivity contribution in [3.63, 3.8) is 0 Å². The summed E-state index contributed by atoms with van der Waals surface area (Å²) in [6.45, 7) is 0.354. The molecule has 0 saturated heterocycles. The van der Waals surface area contributed by atoms with Crippen LogP contribution in [0.3, 0.4) is 0 Å². The average Bonchev–Trinajstić information content (AvgIpc) is 2.39. The summed E-state index contributed by atoms with van der Waals surface area (Å²) in [5.74, 6) is -1.04. The standard InChI is InChI=1S/C13H11BrFN3O/c14-9-2-3-10(17-6-9)7-18-12-5-8(13(16)19)1-4-11(12)15/h1-6,18H,7H2,(H2,16,19). The van der Waals surface area contributed by atoms with Crippen LogP contribution in [0.1, 0.15) is 16.1 Å². The Labute approximate surface area is 118 Å². The number of halogens is 2. The molecule has 0 bridgehead atoms. The van der Waals surface area contributed by atoms with Crippen LogP contribution >= 0.6 is 15.9 Å². The molecule has 0 aliphatic carbocycles. The lowest BCUT2D eigenvalue weighted by atomic mass is 10.2. The molecule has 0 spiro atoms. The first-order chi connectivity index (χ1) is 9.06. The maximum absolute atomic E-state index is 13.6. The summed E-state index contributed by atoms with van der Waals surface area (Å²) in [6, 6.07) is 7.60. The maximum atomic E-state index is 13.6. The van der Waals surface area contributed by atoms with E-state index in [9.17, 15) is 9.18 Å². The fourth-order valence-corrected chi connectivity index (χ4v) is 1.75. The van der Waals surface area contributed by atoms with E-state index in [2.05, 4.69) is 26.2 Å². The minimum atomic E-state index is -0.593. The van der Waals surface area contributed by atoms with Crippen LogP contribution in [0.2, 0.25) is 0 Å². The number of benzene rings is 1. The highest BCUT2D eigenvalue weighted by Gasteiger charge is 2.07. The van der Waals surface area contributed by atoms with Gasteiger partial charge in [0.2, 0.25) is 5.91 Å². The molecule has 0 atom stereocenters. The van der Waals surface area contributed by atoms with Crippen molar-refractivity contribution in [2.24, 2.45) is 5.73 Å². The molecule has 1 amide bonds. The van der Waals surface area contributed by atoms with E-state index in [0.29, 0.717) is 6.54 Å². The van der Waals surface area contributed by atoms with E-state index in [0.717, 1.165) is 10.2 Å². The Balaban J connectivity index is 2.12. The van der Waals surface area contributed by atoms with Gasteiger partial charge in [0.25, 0.3) is 0 Å². The van der Waals surface area contributed by atoms with Crippen LogP contribution in [-0.4, -0.2) is 10.9 Å². The van der Waals surface area contributed by atoms with E-state index in [4.69, 9.17) is 5.73 Å². The van der Waals surface area contributed by atoms with Crippen LogP contribution in [0.4, 0.5) is 10.1 Å². The first-order valence-corrected chi connectivity index (χ1v) is 6.29. The predicted molar refractivity (Wildman–Crippen MR) is 74.2 cm³/mol. The number of carbonyl (C=O) groups excluding carboxylic acids is 1. The smallest absolute Gasteiger partial charge is 0.248 e. The lowest BCUT2D eigenvalue weighted by Crippen LogP contribution is -2.12. The number of hydrogen-bond donors (Lipinski definition) is 2. The van der Waals surface area contributed by atoms with Gasteiger partial charge >= 0.3 is 0 Å². The van der Waals surface area contributed by atoms with Crippen molar-refractivity contribution in [2.45, 2.75) is 6.54 Å². The molecular weight excluding hydrogens is 313 g/mol. The first-order valence-electron chi connectivity index (χ1n) is 5.50. The lowest BCUT2D eigenvalue weighted by Gasteiger charge is -2.08. The Bertz CT molecular complexity index is 601. The lowest BCUT2D eigenvalue weighted by molar-refractivity contribution is 0.100. The SMILES string of the molecule is NC(=O)c1ccc(F)c(NCc2ccc(Br)cn2)c1. The van der Waals surface area contributed by atoms with E-state index < -0.39 is 11.7 Å². The molecule has 3 N–H and O–H groups in total. The third-order valence-corrected chi connectivity index (χ3v) is 2.97. The van der Waals surface area contributed by atoms with Gasteiger partial charge in [-0.3, -0.25) is 9.78 Å². The van der Waals surface area contributed by atoms with Gasteiger partial charge in [-0.05, 0) is 46.3 Å². The van der Waals surface area contributed by atoms with Gasteiger partial charge in [-0.25, -0.2) is 4.39 Å². The monoisotopic (exact) mass is 323 g/mol. The summed E-state index contributed by atoms with van der Waals surface area (Å²) in [5, 5.41) is 2.88. The van der Waals surface area contributed by atoms with E-state index in [1.807, 2.05) is 12.1 Å². The Morgan fingerprint density at radius 2 is 2.16 bits per heavy atom. The quantitative estimate of drug-likeness (QED) is 0.909. The number of nitrogens with zero attached hydrogens (tertiary/aromatic N) is 1. The van der Waals surface area contributed by atoms with Crippen LogP contribution in [0.5, 0.6) is 0 Å². The largest absolute Gasteiger partial charge is 0.377 e. The normalized spacial score (nSPS) is 10.2.